The minimum Gasteiger partial charge on any atom is -0.497 e. The van der Waals surface area contributed by atoms with Crippen LogP contribution in [0.15, 0.2) is 39.6 Å². The molecule has 0 aliphatic heterocycles. The molecule has 0 saturated heterocycles. The molecule has 0 saturated carbocycles. The first-order valence-electron chi connectivity index (χ1n) is 5.91. The Balaban J connectivity index is 2.18. The molecule has 3 N–H and O–H groups in total. The second-order valence-electron chi connectivity index (χ2n) is 4.24. The molecule has 0 aliphatic carbocycles. The SMILES string of the molecule is COc1ccc(S(=O)(=O)NCc2ccc(C)o2)c(N)c1. The van der Waals surface area contributed by atoms with Crippen LogP contribution in [0.2, 0.25) is 0 Å². The van der Waals surface area contributed by atoms with Crippen LogP contribution in [-0.2, 0) is 16.6 Å². The van der Waals surface area contributed by atoms with Gasteiger partial charge in [0.1, 0.15) is 22.2 Å². The highest BCUT2D eigenvalue weighted by Gasteiger charge is 2.18. The Bertz CT molecular complexity index is 707. The van der Waals surface area contributed by atoms with Crippen molar-refractivity contribution in [3.8, 4) is 5.75 Å². The number of nitrogens with two attached hydrogens (primary N) is 1. The molecule has 0 atom stereocenters. The van der Waals surface area contributed by atoms with Gasteiger partial charge in [0.15, 0.2) is 0 Å². The lowest BCUT2D eigenvalue weighted by atomic mass is 10.3. The molecule has 20 heavy (non-hydrogen) atoms. The molecule has 2 aromatic rings. The maximum atomic E-state index is 12.2. The quantitative estimate of drug-likeness (QED) is 0.818. The number of rotatable bonds is 5. The monoisotopic (exact) mass is 296 g/mol. The number of nitrogens with one attached hydrogen (secondary N) is 1. The van der Waals surface area contributed by atoms with E-state index in [1.165, 1.54) is 19.2 Å². The number of hydrogen-bond acceptors (Lipinski definition) is 5. The van der Waals surface area contributed by atoms with Gasteiger partial charge in [0.25, 0.3) is 0 Å². The standard InChI is InChI=1S/C13H16N2O4S/c1-9-3-4-11(19-9)8-15-20(16,17)13-6-5-10(18-2)7-12(13)14/h3-7,15H,8,14H2,1-2H3. The van der Waals surface area contributed by atoms with Crippen LogP contribution in [0.25, 0.3) is 0 Å². The van der Waals surface area contributed by atoms with Gasteiger partial charge in [0.05, 0.1) is 19.3 Å². The van der Waals surface area contributed by atoms with Crippen LogP contribution >= 0.6 is 0 Å². The van der Waals surface area contributed by atoms with Gasteiger partial charge in [-0.1, -0.05) is 0 Å². The lowest BCUT2D eigenvalue weighted by Crippen LogP contribution is -2.24. The molecule has 108 valence electrons. The first-order valence-corrected chi connectivity index (χ1v) is 7.39. The number of nitrogen functional groups attached to an aromatic ring is 1. The fraction of sp³-hybridized carbons (Fsp3) is 0.231. The normalized spacial score (nSPS) is 11.5. The summed E-state index contributed by atoms with van der Waals surface area (Å²) in [4.78, 5) is 0.0154. The van der Waals surface area contributed by atoms with Crippen molar-refractivity contribution in [2.24, 2.45) is 0 Å². The predicted octanol–water partition coefficient (Wildman–Crippen LogP) is 1.66. The highest BCUT2D eigenvalue weighted by molar-refractivity contribution is 7.89. The molecule has 2 rings (SSSR count). The number of furan rings is 1. The molecule has 0 amide bonds. The second-order valence-corrected chi connectivity index (χ2v) is 5.98. The number of sulfonamides is 1. The van der Waals surface area contributed by atoms with Gasteiger partial charge < -0.3 is 14.9 Å². The van der Waals surface area contributed by atoms with Gasteiger partial charge >= 0.3 is 0 Å². The van der Waals surface area contributed by atoms with Crippen molar-refractivity contribution in [2.75, 3.05) is 12.8 Å². The lowest BCUT2D eigenvalue weighted by Gasteiger charge is -2.09. The van der Waals surface area contributed by atoms with Gasteiger partial charge in [0, 0.05) is 6.07 Å². The van der Waals surface area contributed by atoms with Gasteiger partial charge in [-0.15, -0.1) is 0 Å². The minimum absolute atomic E-state index is 0.0154. The van der Waals surface area contributed by atoms with Crippen molar-refractivity contribution in [1.82, 2.24) is 4.72 Å². The van der Waals surface area contributed by atoms with Gasteiger partial charge in [-0.2, -0.15) is 0 Å². The van der Waals surface area contributed by atoms with Crippen molar-refractivity contribution < 1.29 is 17.6 Å². The number of benzene rings is 1. The maximum Gasteiger partial charge on any atom is 0.243 e. The molecule has 0 fully saturated rings. The molecule has 1 aromatic carbocycles. The molecular weight excluding hydrogens is 280 g/mol. The van der Waals surface area contributed by atoms with Crippen LogP contribution in [0, 0.1) is 6.92 Å². The Morgan fingerprint density at radius 2 is 2.05 bits per heavy atom. The summed E-state index contributed by atoms with van der Waals surface area (Å²) in [7, 11) is -2.21. The van der Waals surface area contributed by atoms with E-state index in [0.717, 1.165) is 5.76 Å². The molecule has 7 heteroatoms. The fourth-order valence-corrected chi connectivity index (χ4v) is 2.83. The van der Waals surface area contributed by atoms with E-state index >= 15 is 0 Å². The highest BCUT2D eigenvalue weighted by atomic mass is 32.2. The summed E-state index contributed by atoms with van der Waals surface area (Å²) in [5, 5.41) is 0. The van der Waals surface area contributed by atoms with Gasteiger partial charge in [-0.05, 0) is 31.2 Å². The van der Waals surface area contributed by atoms with Gasteiger partial charge in [-0.3, -0.25) is 0 Å². The molecular formula is C13H16N2O4S. The van der Waals surface area contributed by atoms with Gasteiger partial charge in [-0.25, -0.2) is 13.1 Å². The van der Waals surface area contributed by atoms with Crippen LogP contribution in [0.1, 0.15) is 11.5 Å². The maximum absolute atomic E-state index is 12.2. The number of aryl methyl sites for hydroxylation is 1. The minimum atomic E-state index is -3.70. The van der Waals surface area contributed by atoms with E-state index in [1.54, 1.807) is 25.1 Å². The molecule has 0 radical (unpaired) electrons. The van der Waals surface area contributed by atoms with E-state index in [1.807, 2.05) is 0 Å². The number of methoxy groups -OCH3 is 1. The zero-order valence-corrected chi connectivity index (χ0v) is 12.0. The third-order valence-electron chi connectivity index (χ3n) is 2.74. The first kappa shape index (κ1) is 14.4. The number of anilines is 1. The van der Waals surface area contributed by atoms with Crippen molar-refractivity contribution in [3.63, 3.8) is 0 Å². The Labute approximate surface area is 117 Å². The third-order valence-corrected chi connectivity index (χ3v) is 4.21. The Kier molecular flexibility index (Phi) is 4.01. The van der Waals surface area contributed by atoms with E-state index in [2.05, 4.69) is 4.72 Å². The summed E-state index contributed by atoms with van der Waals surface area (Å²) in [6, 6.07) is 7.90. The van der Waals surface area contributed by atoms with Crippen molar-refractivity contribution in [2.45, 2.75) is 18.4 Å². The molecule has 0 bridgehead atoms. The smallest absolute Gasteiger partial charge is 0.243 e. The Morgan fingerprint density at radius 3 is 2.60 bits per heavy atom. The average molecular weight is 296 g/mol. The third kappa shape index (κ3) is 3.12. The number of hydrogen-bond donors (Lipinski definition) is 2. The van der Waals surface area contributed by atoms with Crippen molar-refractivity contribution in [3.05, 3.63) is 41.9 Å². The van der Waals surface area contributed by atoms with E-state index in [9.17, 15) is 8.42 Å². The zero-order valence-electron chi connectivity index (χ0n) is 11.2. The first-order chi connectivity index (χ1) is 9.42. The topological polar surface area (TPSA) is 94.6 Å². The predicted molar refractivity (Wildman–Crippen MR) is 74.9 cm³/mol. The molecule has 6 nitrogen and oxygen atoms in total. The van der Waals surface area contributed by atoms with Crippen LogP contribution in [0.5, 0.6) is 5.75 Å². The molecule has 1 aromatic heterocycles. The summed E-state index contributed by atoms with van der Waals surface area (Å²) >= 11 is 0. The van der Waals surface area contributed by atoms with E-state index in [4.69, 9.17) is 14.9 Å². The summed E-state index contributed by atoms with van der Waals surface area (Å²) in [5.41, 5.74) is 5.87. The van der Waals surface area contributed by atoms with Crippen LogP contribution in [0.3, 0.4) is 0 Å². The highest BCUT2D eigenvalue weighted by Crippen LogP contribution is 2.23. The van der Waals surface area contributed by atoms with E-state index < -0.39 is 10.0 Å². The van der Waals surface area contributed by atoms with Crippen LogP contribution in [-0.4, -0.2) is 15.5 Å². The second kappa shape index (κ2) is 5.56. The molecule has 0 unspecified atom stereocenters. The molecule has 0 spiro atoms. The lowest BCUT2D eigenvalue weighted by molar-refractivity contribution is 0.414. The Hall–Kier alpha value is -1.99. The van der Waals surface area contributed by atoms with Crippen molar-refractivity contribution in [1.29, 1.82) is 0 Å². The van der Waals surface area contributed by atoms with Crippen LogP contribution < -0.4 is 15.2 Å². The summed E-state index contributed by atoms with van der Waals surface area (Å²) in [5.74, 6) is 1.77. The molecule has 0 aliphatic rings. The van der Waals surface area contributed by atoms with Crippen LogP contribution in [0.4, 0.5) is 5.69 Å². The van der Waals surface area contributed by atoms with E-state index in [-0.39, 0.29) is 17.1 Å². The summed E-state index contributed by atoms with van der Waals surface area (Å²) < 4.78 is 37.0. The summed E-state index contributed by atoms with van der Waals surface area (Å²) in [6.45, 7) is 1.86. The average Bonchev–Trinajstić information content (AvgIpc) is 2.82. The molecule has 1 heterocycles. The Morgan fingerprint density at radius 1 is 1.30 bits per heavy atom. The van der Waals surface area contributed by atoms with Gasteiger partial charge in [0.2, 0.25) is 10.0 Å². The number of ether oxygens (including phenoxy) is 1. The van der Waals surface area contributed by atoms with E-state index in [0.29, 0.717) is 11.5 Å². The van der Waals surface area contributed by atoms with Crippen molar-refractivity contribution >= 4 is 15.7 Å². The summed E-state index contributed by atoms with van der Waals surface area (Å²) in [6.07, 6.45) is 0. The zero-order chi connectivity index (χ0) is 14.8. The fourth-order valence-electron chi connectivity index (χ4n) is 1.72. The largest absolute Gasteiger partial charge is 0.497 e.